The summed E-state index contributed by atoms with van der Waals surface area (Å²) in [6.07, 6.45) is -4.70. The van der Waals surface area contributed by atoms with Crippen LogP contribution in [0, 0.1) is 5.82 Å². The molecule has 0 saturated heterocycles. The van der Waals surface area contributed by atoms with Crippen molar-refractivity contribution >= 4 is 12.4 Å². The van der Waals surface area contributed by atoms with Crippen LogP contribution in [-0.4, -0.2) is 19.0 Å². The molecule has 6 heteroatoms. The molecule has 0 spiro atoms. The third-order valence-corrected chi connectivity index (χ3v) is 3.09. The summed E-state index contributed by atoms with van der Waals surface area (Å²) in [6.45, 7) is 0.592. The molecule has 0 fully saturated rings. The maximum atomic E-state index is 13.4. The quantitative estimate of drug-likeness (QED) is 0.715. The van der Waals surface area contributed by atoms with E-state index in [1.165, 1.54) is 6.07 Å². The minimum Gasteiger partial charge on any atom is -0.305 e. The Kier molecular flexibility index (Phi) is 5.97. The van der Waals surface area contributed by atoms with Crippen LogP contribution in [0.3, 0.4) is 0 Å². The second-order valence-electron chi connectivity index (χ2n) is 5.09. The topological polar surface area (TPSA) is 3.24 Å². The van der Waals surface area contributed by atoms with E-state index in [1.54, 1.807) is 12.1 Å². The van der Waals surface area contributed by atoms with Gasteiger partial charge >= 0.3 is 6.18 Å². The Morgan fingerprint density at radius 3 is 2.23 bits per heavy atom. The van der Waals surface area contributed by atoms with Crippen molar-refractivity contribution in [2.75, 3.05) is 14.1 Å². The number of nitrogens with zero attached hydrogens (tertiary/aromatic N) is 1. The zero-order chi connectivity index (χ0) is 15.6. The molecule has 0 aromatic heterocycles. The zero-order valence-electron chi connectivity index (χ0n) is 12.1. The predicted molar refractivity (Wildman–Crippen MR) is 81.5 cm³/mol. The van der Waals surface area contributed by atoms with E-state index in [1.807, 2.05) is 31.1 Å². The average molecular weight is 334 g/mol. The van der Waals surface area contributed by atoms with Gasteiger partial charge in [0.2, 0.25) is 0 Å². The lowest BCUT2D eigenvalue weighted by molar-refractivity contribution is -0.139. The molecule has 2 aromatic rings. The van der Waals surface area contributed by atoms with Crippen LogP contribution in [0.2, 0.25) is 0 Å². The highest BCUT2D eigenvalue weighted by atomic mass is 35.5. The molecule has 22 heavy (non-hydrogen) atoms. The molecule has 0 aliphatic heterocycles. The molecular weight excluding hydrogens is 318 g/mol. The number of hydrogen-bond acceptors (Lipinski definition) is 1. The summed E-state index contributed by atoms with van der Waals surface area (Å²) in [4.78, 5) is 1.92. The second-order valence-corrected chi connectivity index (χ2v) is 5.09. The lowest BCUT2D eigenvalue weighted by Gasteiger charge is -2.16. The SMILES string of the molecule is CN(C)Cc1ccccc1-c1ccc(F)c(C(F)(F)F)c1.Cl. The summed E-state index contributed by atoms with van der Waals surface area (Å²) >= 11 is 0. The van der Waals surface area contributed by atoms with E-state index in [-0.39, 0.29) is 12.4 Å². The highest BCUT2D eigenvalue weighted by molar-refractivity contribution is 5.85. The minimum absolute atomic E-state index is 0. The summed E-state index contributed by atoms with van der Waals surface area (Å²) in [6, 6.07) is 10.3. The zero-order valence-corrected chi connectivity index (χ0v) is 12.9. The van der Waals surface area contributed by atoms with Crippen LogP contribution < -0.4 is 0 Å². The van der Waals surface area contributed by atoms with E-state index in [2.05, 4.69) is 0 Å². The van der Waals surface area contributed by atoms with Crippen LogP contribution in [0.25, 0.3) is 11.1 Å². The molecule has 2 rings (SSSR count). The van der Waals surface area contributed by atoms with Gasteiger partial charge in [-0.2, -0.15) is 13.2 Å². The monoisotopic (exact) mass is 333 g/mol. The van der Waals surface area contributed by atoms with Crippen LogP contribution in [0.1, 0.15) is 11.1 Å². The van der Waals surface area contributed by atoms with Crippen molar-refractivity contribution < 1.29 is 17.6 Å². The summed E-state index contributed by atoms with van der Waals surface area (Å²) in [7, 11) is 3.76. The molecule has 0 bridgehead atoms. The predicted octanol–water partition coefficient (Wildman–Crippen LogP) is 4.99. The number of halogens is 5. The lowest BCUT2D eigenvalue weighted by Crippen LogP contribution is -2.12. The fourth-order valence-electron chi connectivity index (χ4n) is 2.19. The van der Waals surface area contributed by atoms with Gasteiger partial charge in [-0.15, -0.1) is 12.4 Å². The Balaban J connectivity index is 0.00000242. The van der Waals surface area contributed by atoms with Gasteiger partial charge in [0.15, 0.2) is 0 Å². The number of rotatable bonds is 3. The maximum Gasteiger partial charge on any atom is 0.419 e. The van der Waals surface area contributed by atoms with Gasteiger partial charge in [-0.25, -0.2) is 4.39 Å². The minimum atomic E-state index is -4.70. The largest absolute Gasteiger partial charge is 0.419 e. The highest BCUT2D eigenvalue weighted by Gasteiger charge is 2.34. The van der Waals surface area contributed by atoms with Gasteiger partial charge < -0.3 is 4.90 Å². The molecular formula is C16H16ClF4N. The number of benzene rings is 2. The van der Waals surface area contributed by atoms with Gasteiger partial charge in [-0.05, 0) is 42.9 Å². The Labute approximate surface area is 133 Å². The average Bonchev–Trinajstić information content (AvgIpc) is 2.38. The fraction of sp³-hybridized carbons (Fsp3) is 0.250. The normalized spacial score (nSPS) is 11.4. The summed E-state index contributed by atoms with van der Waals surface area (Å²) in [5.74, 6) is -1.25. The molecule has 2 aromatic carbocycles. The molecule has 0 heterocycles. The molecule has 0 amide bonds. The van der Waals surface area contributed by atoms with Gasteiger partial charge in [-0.3, -0.25) is 0 Å². The van der Waals surface area contributed by atoms with Gasteiger partial charge in [0.05, 0.1) is 5.56 Å². The molecule has 0 radical (unpaired) electrons. The second kappa shape index (κ2) is 7.11. The standard InChI is InChI=1S/C16H15F4N.ClH/c1-21(2)10-12-5-3-4-6-13(12)11-7-8-15(17)14(9-11)16(18,19)20;/h3-9H,10H2,1-2H3;1H. The number of alkyl halides is 3. The van der Waals surface area contributed by atoms with Gasteiger partial charge in [0, 0.05) is 6.54 Å². The number of hydrogen-bond donors (Lipinski definition) is 0. The van der Waals surface area contributed by atoms with Crippen LogP contribution >= 0.6 is 12.4 Å². The van der Waals surface area contributed by atoms with E-state index in [9.17, 15) is 17.6 Å². The van der Waals surface area contributed by atoms with Crippen LogP contribution in [-0.2, 0) is 12.7 Å². The first-order chi connectivity index (χ1) is 9.79. The first-order valence-electron chi connectivity index (χ1n) is 6.39. The molecule has 0 aliphatic rings. The summed E-state index contributed by atoms with van der Waals surface area (Å²) in [5, 5.41) is 0. The first kappa shape index (κ1) is 18.5. The van der Waals surface area contributed by atoms with Crippen molar-refractivity contribution in [1.82, 2.24) is 4.90 Å². The van der Waals surface area contributed by atoms with Gasteiger partial charge in [0.1, 0.15) is 5.82 Å². The lowest BCUT2D eigenvalue weighted by atomic mass is 9.97. The van der Waals surface area contributed by atoms with E-state index >= 15 is 0 Å². The van der Waals surface area contributed by atoms with E-state index in [0.717, 1.165) is 17.7 Å². The summed E-state index contributed by atoms with van der Waals surface area (Å²) in [5.41, 5.74) is 0.694. The smallest absolute Gasteiger partial charge is 0.305 e. The Hall–Kier alpha value is -1.59. The Morgan fingerprint density at radius 1 is 1.00 bits per heavy atom. The third kappa shape index (κ3) is 4.21. The Bertz CT molecular complexity index is 638. The molecule has 0 unspecified atom stereocenters. The molecule has 0 aliphatic carbocycles. The summed E-state index contributed by atoms with van der Waals surface area (Å²) < 4.78 is 51.8. The Morgan fingerprint density at radius 2 is 1.64 bits per heavy atom. The third-order valence-electron chi connectivity index (χ3n) is 3.09. The van der Waals surface area contributed by atoms with Crippen LogP contribution in [0.15, 0.2) is 42.5 Å². The highest BCUT2D eigenvalue weighted by Crippen LogP contribution is 2.35. The molecule has 0 atom stereocenters. The van der Waals surface area contributed by atoms with Gasteiger partial charge in [0.25, 0.3) is 0 Å². The van der Waals surface area contributed by atoms with Crippen LogP contribution in [0.4, 0.5) is 17.6 Å². The fourth-order valence-corrected chi connectivity index (χ4v) is 2.19. The molecule has 0 saturated carbocycles. The van der Waals surface area contributed by atoms with Gasteiger partial charge in [-0.1, -0.05) is 30.3 Å². The van der Waals surface area contributed by atoms with Crippen molar-refractivity contribution in [2.24, 2.45) is 0 Å². The van der Waals surface area contributed by atoms with Crippen molar-refractivity contribution in [1.29, 1.82) is 0 Å². The maximum absolute atomic E-state index is 13.4. The van der Waals surface area contributed by atoms with Crippen molar-refractivity contribution in [3.63, 3.8) is 0 Å². The molecule has 0 N–H and O–H groups in total. The van der Waals surface area contributed by atoms with Crippen molar-refractivity contribution in [2.45, 2.75) is 12.7 Å². The molecule has 120 valence electrons. The van der Waals surface area contributed by atoms with E-state index in [0.29, 0.717) is 17.7 Å². The molecule has 1 nitrogen and oxygen atoms in total. The van der Waals surface area contributed by atoms with E-state index < -0.39 is 17.6 Å². The van der Waals surface area contributed by atoms with Crippen LogP contribution in [0.5, 0.6) is 0 Å². The van der Waals surface area contributed by atoms with Crippen molar-refractivity contribution in [3.05, 3.63) is 59.4 Å². The van der Waals surface area contributed by atoms with Crippen molar-refractivity contribution in [3.8, 4) is 11.1 Å². The van der Waals surface area contributed by atoms with E-state index in [4.69, 9.17) is 0 Å². The first-order valence-corrected chi connectivity index (χ1v) is 6.39.